The van der Waals surface area contributed by atoms with Crippen molar-refractivity contribution in [3.8, 4) is 0 Å². The molecule has 0 bridgehead atoms. The van der Waals surface area contributed by atoms with Gasteiger partial charge in [-0.1, -0.05) is 11.6 Å². The maximum Gasteiger partial charge on any atom is 0.149 e. The summed E-state index contributed by atoms with van der Waals surface area (Å²) in [6.07, 6.45) is 8.04. The molecule has 1 aliphatic rings. The fraction of sp³-hybridized carbons (Fsp3) is 0.800. The molecule has 0 spiro atoms. The number of rotatable bonds is 4. The molecule has 1 atom stereocenters. The van der Waals surface area contributed by atoms with E-state index in [1.54, 1.807) is 0 Å². The molecular formula is C10H19NO2S. The van der Waals surface area contributed by atoms with Crippen LogP contribution in [0.4, 0.5) is 0 Å². The van der Waals surface area contributed by atoms with E-state index in [2.05, 4.69) is 11.4 Å². The third-order valence-corrected chi connectivity index (χ3v) is 3.53. The Labute approximate surface area is 86.5 Å². The van der Waals surface area contributed by atoms with Gasteiger partial charge in [-0.2, -0.15) is 0 Å². The molecule has 0 aliphatic heterocycles. The van der Waals surface area contributed by atoms with Gasteiger partial charge in [-0.25, -0.2) is 8.42 Å². The lowest BCUT2D eigenvalue weighted by Gasteiger charge is -2.22. The minimum absolute atomic E-state index is 0.0188. The van der Waals surface area contributed by atoms with Crippen molar-refractivity contribution in [2.75, 3.05) is 19.1 Å². The van der Waals surface area contributed by atoms with Crippen LogP contribution in [0.25, 0.3) is 0 Å². The summed E-state index contributed by atoms with van der Waals surface area (Å²) >= 11 is 0. The Bertz CT molecular complexity index is 306. The summed E-state index contributed by atoms with van der Waals surface area (Å²) in [6.45, 7) is 0. The first-order valence-electron chi connectivity index (χ1n) is 5.07. The zero-order chi connectivity index (χ0) is 10.6. The highest BCUT2D eigenvalue weighted by atomic mass is 32.2. The van der Waals surface area contributed by atoms with Gasteiger partial charge < -0.3 is 5.32 Å². The molecule has 1 unspecified atom stereocenters. The zero-order valence-electron chi connectivity index (χ0n) is 8.91. The Morgan fingerprint density at radius 1 is 1.50 bits per heavy atom. The third-order valence-electron chi connectivity index (χ3n) is 2.59. The third kappa shape index (κ3) is 3.80. The predicted molar refractivity (Wildman–Crippen MR) is 59.1 cm³/mol. The lowest BCUT2D eigenvalue weighted by molar-refractivity contribution is 0.571. The van der Waals surface area contributed by atoms with E-state index in [0.29, 0.717) is 0 Å². The highest BCUT2D eigenvalue weighted by Crippen LogP contribution is 2.20. The summed E-state index contributed by atoms with van der Waals surface area (Å²) in [6, 6.07) is 0.0188. The van der Waals surface area contributed by atoms with Crippen LogP contribution >= 0.6 is 0 Å². The fourth-order valence-corrected chi connectivity index (χ4v) is 2.84. The second-order valence-corrected chi connectivity index (χ2v) is 6.14. The molecule has 0 aromatic rings. The first-order valence-corrected chi connectivity index (χ1v) is 7.13. The smallest absolute Gasteiger partial charge is 0.149 e. The van der Waals surface area contributed by atoms with Gasteiger partial charge in [-0.3, -0.25) is 0 Å². The van der Waals surface area contributed by atoms with Crippen LogP contribution in [0.3, 0.4) is 0 Å². The van der Waals surface area contributed by atoms with Crippen LogP contribution < -0.4 is 5.32 Å². The summed E-state index contributed by atoms with van der Waals surface area (Å²) < 4.78 is 22.4. The van der Waals surface area contributed by atoms with Crippen molar-refractivity contribution in [3.63, 3.8) is 0 Å². The minimum Gasteiger partial charge on any atom is -0.312 e. The minimum atomic E-state index is -2.89. The van der Waals surface area contributed by atoms with Gasteiger partial charge in [0.15, 0.2) is 0 Å². The van der Waals surface area contributed by atoms with Crippen molar-refractivity contribution in [2.45, 2.75) is 31.7 Å². The molecule has 0 aromatic carbocycles. The SMILES string of the molecule is CNC(CS(C)(=O)=O)C1=CCCCC1. The maximum absolute atomic E-state index is 11.2. The van der Waals surface area contributed by atoms with E-state index < -0.39 is 9.84 Å². The molecule has 0 aromatic heterocycles. The maximum atomic E-state index is 11.2. The van der Waals surface area contributed by atoms with Crippen LogP contribution in [-0.2, 0) is 9.84 Å². The van der Waals surface area contributed by atoms with Crippen LogP contribution in [0.1, 0.15) is 25.7 Å². The molecular weight excluding hydrogens is 198 g/mol. The molecule has 3 nitrogen and oxygen atoms in total. The van der Waals surface area contributed by atoms with Crippen LogP contribution in [0.5, 0.6) is 0 Å². The van der Waals surface area contributed by atoms with Gasteiger partial charge in [0.1, 0.15) is 9.84 Å². The molecule has 4 heteroatoms. The summed E-state index contributed by atoms with van der Waals surface area (Å²) in [5.41, 5.74) is 1.27. The van der Waals surface area contributed by atoms with Gasteiger partial charge in [-0.05, 0) is 32.7 Å². The standard InChI is InChI=1S/C10H19NO2S/c1-11-10(8-14(2,12)13)9-6-4-3-5-7-9/h6,10-11H,3-5,7-8H2,1-2H3. The Kier molecular flexibility index (Phi) is 4.13. The average molecular weight is 217 g/mol. The lowest BCUT2D eigenvalue weighted by atomic mass is 9.95. The first kappa shape index (κ1) is 11.7. The Morgan fingerprint density at radius 2 is 2.21 bits per heavy atom. The van der Waals surface area contributed by atoms with Crippen LogP contribution in [-0.4, -0.2) is 33.5 Å². The van der Waals surface area contributed by atoms with Crippen LogP contribution in [0, 0.1) is 0 Å². The average Bonchev–Trinajstić information content (AvgIpc) is 2.14. The molecule has 1 N–H and O–H groups in total. The molecule has 1 aliphatic carbocycles. The van der Waals surface area contributed by atoms with Gasteiger partial charge in [0.2, 0.25) is 0 Å². The number of allylic oxidation sites excluding steroid dienone is 1. The number of hydrogen-bond acceptors (Lipinski definition) is 3. The number of likely N-dealkylation sites (N-methyl/N-ethyl adjacent to an activating group) is 1. The lowest BCUT2D eigenvalue weighted by Crippen LogP contribution is -2.35. The van der Waals surface area contributed by atoms with Gasteiger partial charge in [0.25, 0.3) is 0 Å². The molecule has 1 rings (SSSR count). The Morgan fingerprint density at radius 3 is 2.64 bits per heavy atom. The monoisotopic (exact) mass is 217 g/mol. The molecule has 0 radical (unpaired) electrons. The highest BCUT2D eigenvalue weighted by Gasteiger charge is 2.18. The van der Waals surface area contributed by atoms with Gasteiger partial charge in [0.05, 0.1) is 5.75 Å². The molecule has 0 fully saturated rings. The summed E-state index contributed by atoms with van der Waals surface area (Å²) in [7, 11) is -1.06. The largest absolute Gasteiger partial charge is 0.312 e. The molecule has 82 valence electrons. The Hall–Kier alpha value is -0.350. The van der Waals surface area contributed by atoms with Gasteiger partial charge in [-0.15, -0.1) is 0 Å². The summed E-state index contributed by atoms with van der Waals surface area (Å²) in [5.74, 6) is 0.218. The molecule has 0 heterocycles. The molecule has 0 saturated heterocycles. The second kappa shape index (κ2) is 4.94. The topological polar surface area (TPSA) is 46.2 Å². The van der Waals surface area contributed by atoms with Crippen LogP contribution in [0.15, 0.2) is 11.6 Å². The van der Waals surface area contributed by atoms with E-state index in [1.165, 1.54) is 24.7 Å². The van der Waals surface area contributed by atoms with E-state index in [4.69, 9.17) is 0 Å². The van der Waals surface area contributed by atoms with E-state index >= 15 is 0 Å². The van der Waals surface area contributed by atoms with Crippen LogP contribution in [0.2, 0.25) is 0 Å². The Balaban J connectivity index is 2.66. The van der Waals surface area contributed by atoms with Gasteiger partial charge in [0, 0.05) is 12.3 Å². The second-order valence-electron chi connectivity index (χ2n) is 3.96. The van der Waals surface area contributed by atoms with Crippen molar-refractivity contribution in [1.82, 2.24) is 5.32 Å². The van der Waals surface area contributed by atoms with Crippen molar-refractivity contribution in [3.05, 3.63) is 11.6 Å². The van der Waals surface area contributed by atoms with Crippen molar-refractivity contribution >= 4 is 9.84 Å². The van der Waals surface area contributed by atoms with Crippen molar-refractivity contribution in [2.24, 2.45) is 0 Å². The summed E-state index contributed by atoms with van der Waals surface area (Å²) in [5, 5.41) is 3.08. The van der Waals surface area contributed by atoms with E-state index in [-0.39, 0.29) is 11.8 Å². The molecule has 0 amide bonds. The van der Waals surface area contributed by atoms with Crippen molar-refractivity contribution in [1.29, 1.82) is 0 Å². The quantitative estimate of drug-likeness (QED) is 0.718. The number of nitrogens with one attached hydrogen (secondary N) is 1. The number of hydrogen-bond donors (Lipinski definition) is 1. The molecule has 0 saturated carbocycles. The van der Waals surface area contributed by atoms with Gasteiger partial charge >= 0.3 is 0 Å². The predicted octanol–water partition coefficient (Wildman–Crippen LogP) is 1.12. The van der Waals surface area contributed by atoms with E-state index in [9.17, 15) is 8.42 Å². The first-order chi connectivity index (χ1) is 6.53. The normalized spacial score (nSPS) is 20.3. The van der Waals surface area contributed by atoms with E-state index in [1.807, 2.05) is 7.05 Å². The van der Waals surface area contributed by atoms with E-state index in [0.717, 1.165) is 12.8 Å². The number of sulfone groups is 1. The van der Waals surface area contributed by atoms with Crippen molar-refractivity contribution < 1.29 is 8.42 Å². The fourth-order valence-electron chi connectivity index (χ4n) is 1.86. The zero-order valence-corrected chi connectivity index (χ0v) is 9.73. The molecule has 14 heavy (non-hydrogen) atoms. The highest BCUT2D eigenvalue weighted by molar-refractivity contribution is 7.90. The summed E-state index contributed by atoms with van der Waals surface area (Å²) in [4.78, 5) is 0.